The summed E-state index contributed by atoms with van der Waals surface area (Å²) in [5, 5.41) is 0. The third-order valence-electron chi connectivity index (χ3n) is 0.538. The largest absolute Gasteiger partial charge is 0.417 e. The molecule has 1 N–H and O–H groups in total. The quantitative estimate of drug-likeness (QED) is 0.337. The van der Waals surface area contributed by atoms with Gasteiger partial charge in [0.15, 0.2) is 0 Å². The van der Waals surface area contributed by atoms with Crippen molar-refractivity contribution < 1.29 is 4.84 Å². The number of nitrogens with one attached hydrogen (secondary N) is 1. The first-order chi connectivity index (χ1) is 3.77. The molecule has 0 saturated carbocycles. The van der Waals surface area contributed by atoms with E-state index in [0.29, 0.717) is 0 Å². The van der Waals surface area contributed by atoms with E-state index in [4.69, 9.17) is 0 Å². The summed E-state index contributed by atoms with van der Waals surface area (Å²) in [6.45, 7) is 5.53. The summed E-state index contributed by atoms with van der Waals surface area (Å²) in [6, 6.07) is 0. The van der Waals surface area contributed by atoms with E-state index in [0.717, 1.165) is 5.57 Å². The van der Waals surface area contributed by atoms with Gasteiger partial charge in [0.05, 0.1) is 0 Å². The average Bonchev–Trinajstić information content (AvgIpc) is 1.66. The molecule has 0 aliphatic rings. The topological polar surface area (TPSA) is 21.3 Å². The van der Waals surface area contributed by atoms with Crippen molar-refractivity contribution in [1.29, 1.82) is 0 Å². The highest BCUT2D eigenvalue weighted by molar-refractivity contribution is 5.08. The highest BCUT2D eigenvalue weighted by Gasteiger charge is 1.70. The summed E-state index contributed by atoms with van der Waals surface area (Å²) in [5.74, 6) is 0. The first kappa shape index (κ1) is 7.24. The lowest BCUT2D eigenvalue weighted by Gasteiger charge is -1.91. The van der Waals surface area contributed by atoms with Crippen molar-refractivity contribution in [2.24, 2.45) is 0 Å². The minimum Gasteiger partial charge on any atom is -0.417 e. The standard InChI is InChI=1S/C6H11NO/c1-6(2)4-5-8-7-3/h4-5,7H,1H2,2-3H3/b5-4+. The Hall–Kier alpha value is -0.760. The summed E-state index contributed by atoms with van der Waals surface area (Å²) in [6.07, 6.45) is 3.32. The number of hydrogen-bond donors (Lipinski definition) is 1. The normalized spacial score (nSPS) is 9.75. The molecule has 0 aliphatic heterocycles. The van der Waals surface area contributed by atoms with Gasteiger partial charge < -0.3 is 4.84 Å². The Labute approximate surface area is 49.8 Å². The third kappa shape index (κ3) is 5.24. The van der Waals surface area contributed by atoms with Crippen LogP contribution in [0.25, 0.3) is 0 Å². The number of allylic oxidation sites excluding steroid dienone is 2. The molecule has 0 spiro atoms. The molecular weight excluding hydrogens is 102 g/mol. The van der Waals surface area contributed by atoms with Crippen LogP contribution in [0.15, 0.2) is 24.5 Å². The van der Waals surface area contributed by atoms with E-state index in [1.807, 2.05) is 6.92 Å². The predicted molar refractivity (Wildman–Crippen MR) is 34.1 cm³/mol. The highest BCUT2D eigenvalue weighted by atomic mass is 16.6. The van der Waals surface area contributed by atoms with Crippen molar-refractivity contribution in [3.8, 4) is 0 Å². The molecule has 0 amide bonds. The molecule has 0 aromatic heterocycles. The Morgan fingerprint density at radius 2 is 2.38 bits per heavy atom. The fourth-order valence-corrected chi connectivity index (χ4v) is 0.218. The van der Waals surface area contributed by atoms with Crippen LogP contribution in [0.5, 0.6) is 0 Å². The van der Waals surface area contributed by atoms with Crippen molar-refractivity contribution in [1.82, 2.24) is 5.48 Å². The molecule has 2 heteroatoms. The average molecular weight is 113 g/mol. The van der Waals surface area contributed by atoms with Gasteiger partial charge in [0.2, 0.25) is 0 Å². The van der Waals surface area contributed by atoms with Crippen LogP contribution in [0.1, 0.15) is 6.92 Å². The fraction of sp³-hybridized carbons (Fsp3) is 0.333. The van der Waals surface area contributed by atoms with E-state index in [-0.39, 0.29) is 0 Å². The van der Waals surface area contributed by atoms with Crippen molar-refractivity contribution in [2.45, 2.75) is 6.92 Å². The molecule has 0 aliphatic carbocycles. The van der Waals surface area contributed by atoms with Gasteiger partial charge in [-0.25, -0.2) is 0 Å². The van der Waals surface area contributed by atoms with Gasteiger partial charge in [0.25, 0.3) is 0 Å². The smallest absolute Gasteiger partial charge is 0.111 e. The van der Waals surface area contributed by atoms with Crippen molar-refractivity contribution >= 4 is 0 Å². The van der Waals surface area contributed by atoms with Crippen LogP contribution in [0, 0.1) is 0 Å². The summed E-state index contributed by atoms with van der Waals surface area (Å²) >= 11 is 0. The molecule has 46 valence electrons. The molecule has 0 fully saturated rings. The highest BCUT2D eigenvalue weighted by Crippen LogP contribution is 1.86. The SMILES string of the molecule is C=C(C)/C=C/ONC. The molecule has 0 saturated heterocycles. The third-order valence-corrected chi connectivity index (χ3v) is 0.538. The summed E-state index contributed by atoms with van der Waals surface area (Å²) in [4.78, 5) is 4.65. The zero-order valence-corrected chi connectivity index (χ0v) is 5.27. The van der Waals surface area contributed by atoms with Crippen molar-refractivity contribution in [3.05, 3.63) is 24.5 Å². The molecule has 0 radical (unpaired) electrons. The predicted octanol–water partition coefficient (Wildman–Crippen LogP) is 1.23. The molecule has 0 aromatic rings. The van der Waals surface area contributed by atoms with Crippen LogP contribution in [-0.4, -0.2) is 7.05 Å². The van der Waals surface area contributed by atoms with Gasteiger partial charge in [0.1, 0.15) is 6.26 Å². The van der Waals surface area contributed by atoms with E-state index in [9.17, 15) is 0 Å². The first-order valence-corrected chi connectivity index (χ1v) is 2.42. The van der Waals surface area contributed by atoms with Crippen molar-refractivity contribution in [3.63, 3.8) is 0 Å². The van der Waals surface area contributed by atoms with Gasteiger partial charge in [-0.2, -0.15) is 5.48 Å². The lowest BCUT2D eigenvalue weighted by Crippen LogP contribution is -1.99. The maximum absolute atomic E-state index is 4.65. The molecular formula is C6H11NO. The van der Waals surface area contributed by atoms with E-state index in [2.05, 4.69) is 16.9 Å². The maximum atomic E-state index is 4.65. The van der Waals surface area contributed by atoms with Crippen LogP contribution in [-0.2, 0) is 4.84 Å². The minimum atomic E-state index is 0.972. The zero-order chi connectivity index (χ0) is 6.41. The van der Waals surface area contributed by atoms with Crippen LogP contribution >= 0.6 is 0 Å². The Morgan fingerprint density at radius 3 is 2.75 bits per heavy atom. The number of hydroxylamine groups is 1. The molecule has 0 rings (SSSR count). The van der Waals surface area contributed by atoms with Crippen LogP contribution in [0.4, 0.5) is 0 Å². The molecule has 0 unspecified atom stereocenters. The molecule has 0 atom stereocenters. The monoisotopic (exact) mass is 113 g/mol. The second-order valence-electron chi connectivity index (χ2n) is 1.47. The lowest BCUT2D eigenvalue weighted by atomic mass is 10.4. The minimum absolute atomic E-state index is 0.972. The van der Waals surface area contributed by atoms with Gasteiger partial charge in [-0.1, -0.05) is 12.2 Å². The fourth-order valence-electron chi connectivity index (χ4n) is 0.218. The number of rotatable bonds is 3. The van der Waals surface area contributed by atoms with Crippen molar-refractivity contribution in [2.75, 3.05) is 7.05 Å². The molecule has 8 heavy (non-hydrogen) atoms. The van der Waals surface area contributed by atoms with E-state index >= 15 is 0 Å². The van der Waals surface area contributed by atoms with Crippen LogP contribution in [0.2, 0.25) is 0 Å². The Kier molecular flexibility index (Phi) is 3.98. The van der Waals surface area contributed by atoms with E-state index < -0.39 is 0 Å². The zero-order valence-electron chi connectivity index (χ0n) is 5.27. The van der Waals surface area contributed by atoms with Gasteiger partial charge >= 0.3 is 0 Å². The van der Waals surface area contributed by atoms with Crippen LogP contribution in [0.3, 0.4) is 0 Å². The molecule has 0 bridgehead atoms. The van der Waals surface area contributed by atoms with Crippen LogP contribution < -0.4 is 5.48 Å². The molecule has 2 nitrogen and oxygen atoms in total. The lowest BCUT2D eigenvalue weighted by molar-refractivity contribution is 0.158. The molecule has 0 aromatic carbocycles. The van der Waals surface area contributed by atoms with E-state index in [1.165, 1.54) is 0 Å². The summed E-state index contributed by atoms with van der Waals surface area (Å²) in [7, 11) is 1.70. The van der Waals surface area contributed by atoms with E-state index in [1.54, 1.807) is 19.4 Å². The Bertz CT molecular complexity index is 96.7. The second-order valence-corrected chi connectivity index (χ2v) is 1.47. The Morgan fingerprint density at radius 1 is 1.75 bits per heavy atom. The second kappa shape index (κ2) is 4.40. The Balaban J connectivity index is 3.20. The molecule has 0 heterocycles. The van der Waals surface area contributed by atoms with Gasteiger partial charge in [-0.05, 0) is 13.0 Å². The van der Waals surface area contributed by atoms with Gasteiger partial charge in [-0.15, -0.1) is 0 Å². The maximum Gasteiger partial charge on any atom is 0.111 e. The summed E-state index contributed by atoms with van der Waals surface area (Å²) in [5.41, 5.74) is 3.47. The number of hydrogen-bond acceptors (Lipinski definition) is 2. The summed E-state index contributed by atoms with van der Waals surface area (Å²) < 4.78 is 0. The van der Waals surface area contributed by atoms with Gasteiger partial charge in [0, 0.05) is 7.05 Å². The first-order valence-electron chi connectivity index (χ1n) is 2.42. The van der Waals surface area contributed by atoms with Gasteiger partial charge in [-0.3, -0.25) is 0 Å².